The molecule has 0 saturated heterocycles. The van der Waals surface area contributed by atoms with Gasteiger partial charge in [0, 0.05) is 6.20 Å². The highest BCUT2D eigenvalue weighted by Crippen LogP contribution is 2.16. The molecule has 0 aliphatic carbocycles. The molecule has 1 heterocycles. The van der Waals surface area contributed by atoms with E-state index in [0.29, 0.717) is 5.56 Å². The summed E-state index contributed by atoms with van der Waals surface area (Å²) in [5, 5.41) is 8.52. The molecule has 3 N–H and O–H groups in total. The minimum atomic E-state index is -2.62. The molecule has 4 nitrogen and oxygen atoms in total. The van der Waals surface area contributed by atoms with Crippen molar-refractivity contribution in [1.29, 1.82) is 0 Å². The zero-order valence-corrected chi connectivity index (χ0v) is 7.73. The predicted molar refractivity (Wildman–Crippen MR) is 48.5 cm³/mol. The van der Waals surface area contributed by atoms with Crippen molar-refractivity contribution in [2.75, 3.05) is 0 Å². The topological polar surface area (TPSA) is 76.2 Å². The predicted octanol–water partition coefficient (Wildman–Crippen LogP) is 0.974. The van der Waals surface area contributed by atoms with Crippen LogP contribution >= 0.6 is 0 Å². The molecule has 0 bridgehead atoms. The van der Waals surface area contributed by atoms with Gasteiger partial charge in [-0.15, -0.1) is 0 Å². The van der Waals surface area contributed by atoms with Crippen molar-refractivity contribution < 1.29 is 18.7 Å². The molecule has 1 atom stereocenters. The van der Waals surface area contributed by atoms with Crippen LogP contribution in [0.15, 0.2) is 18.3 Å². The first-order valence-corrected chi connectivity index (χ1v) is 4.22. The van der Waals surface area contributed by atoms with Gasteiger partial charge in [0.1, 0.15) is 11.7 Å². The van der Waals surface area contributed by atoms with Crippen molar-refractivity contribution in [3.8, 4) is 0 Å². The standard InChI is InChI=1S/C9H10F2N2O2/c10-8(11)7-2-1-5(4-13-7)3-6(12)9(14)15/h1-2,4,6,8H,3,12H2,(H,14,15). The summed E-state index contributed by atoms with van der Waals surface area (Å²) >= 11 is 0. The summed E-state index contributed by atoms with van der Waals surface area (Å²) in [6.07, 6.45) is -1.33. The lowest BCUT2D eigenvalue weighted by atomic mass is 10.1. The number of nitrogens with zero attached hydrogens (tertiary/aromatic N) is 1. The van der Waals surface area contributed by atoms with Gasteiger partial charge in [-0.2, -0.15) is 0 Å². The first-order valence-electron chi connectivity index (χ1n) is 4.22. The number of carbonyl (C=O) groups is 1. The molecular formula is C9H10F2N2O2. The van der Waals surface area contributed by atoms with Crippen LogP contribution in [0.1, 0.15) is 17.7 Å². The van der Waals surface area contributed by atoms with E-state index >= 15 is 0 Å². The van der Waals surface area contributed by atoms with E-state index in [0.717, 1.165) is 6.07 Å². The monoisotopic (exact) mass is 216 g/mol. The Labute approximate surface area is 84.7 Å². The molecule has 1 rings (SSSR count). The highest BCUT2D eigenvalue weighted by atomic mass is 19.3. The maximum atomic E-state index is 12.1. The number of carboxylic acids is 1. The molecule has 1 aromatic heterocycles. The van der Waals surface area contributed by atoms with Crippen LogP contribution in [0.25, 0.3) is 0 Å². The summed E-state index contributed by atoms with van der Waals surface area (Å²) in [5.74, 6) is -1.13. The Balaban J connectivity index is 2.68. The lowest BCUT2D eigenvalue weighted by molar-refractivity contribution is -0.138. The molecule has 0 aromatic carbocycles. The van der Waals surface area contributed by atoms with Crippen molar-refractivity contribution in [3.05, 3.63) is 29.6 Å². The molecule has 6 heteroatoms. The van der Waals surface area contributed by atoms with Crippen molar-refractivity contribution in [2.24, 2.45) is 5.73 Å². The summed E-state index contributed by atoms with van der Waals surface area (Å²) in [7, 11) is 0. The summed E-state index contributed by atoms with van der Waals surface area (Å²) in [6.45, 7) is 0. The SMILES string of the molecule is NC(Cc1ccc(C(F)F)nc1)C(=O)O. The average molecular weight is 216 g/mol. The van der Waals surface area contributed by atoms with Gasteiger partial charge in [0.15, 0.2) is 0 Å². The second kappa shape index (κ2) is 4.79. The largest absolute Gasteiger partial charge is 0.480 e. The lowest BCUT2D eigenvalue weighted by Crippen LogP contribution is -2.32. The number of hydrogen-bond donors (Lipinski definition) is 2. The number of hydrogen-bond acceptors (Lipinski definition) is 3. The van der Waals surface area contributed by atoms with Crippen LogP contribution in [-0.2, 0) is 11.2 Å². The van der Waals surface area contributed by atoms with Crippen LogP contribution in [0.2, 0.25) is 0 Å². The number of pyridine rings is 1. The van der Waals surface area contributed by atoms with Crippen LogP contribution in [0.5, 0.6) is 0 Å². The molecule has 0 saturated carbocycles. The fourth-order valence-electron chi connectivity index (χ4n) is 1.03. The highest BCUT2D eigenvalue weighted by molar-refractivity contribution is 5.73. The number of carboxylic acid groups (broad SMARTS) is 1. The smallest absolute Gasteiger partial charge is 0.320 e. The van der Waals surface area contributed by atoms with E-state index in [1.165, 1.54) is 12.3 Å². The molecule has 82 valence electrons. The lowest BCUT2D eigenvalue weighted by Gasteiger charge is -2.06. The van der Waals surface area contributed by atoms with Gasteiger partial charge in [-0.3, -0.25) is 9.78 Å². The summed E-state index contributed by atoms with van der Waals surface area (Å²) in [5.41, 5.74) is 5.46. The number of rotatable bonds is 4. The molecule has 0 spiro atoms. The van der Waals surface area contributed by atoms with Gasteiger partial charge in [-0.25, -0.2) is 8.78 Å². The van der Waals surface area contributed by atoms with Crippen LogP contribution < -0.4 is 5.73 Å². The second-order valence-electron chi connectivity index (χ2n) is 3.04. The van der Waals surface area contributed by atoms with Crippen LogP contribution in [0, 0.1) is 0 Å². The molecule has 1 unspecified atom stereocenters. The molecule has 0 amide bonds. The third kappa shape index (κ3) is 3.25. The number of aliphatic carboxylic acids is 1. The minimum Gasteiger partial charge on any atom is -0.480 e. The van der Waals surface area contributed by atoms with Gasteiger partial charge < -0.3 is 10.8 Å². The maximum Gasteiger partial charge on any atom is 0.320 e. The van der Waals surface area contributed by atoms with Gasteiger partial charge in [0.2, 0.25) is 0 Å². The Morgan fingerprint density at radius 2 is 2.20 bits per heavy atom. The summed E-state index contributed by atoms with van der Waals surface area (Å²) in [4.78, 5) is 13.9. The van der Waals surface area contributed by atoms with E-state index in [9.17, 15) is 13.6 Å². The van der Waals surface area contributed by atoms with Crippen LogP contribution in [0.3, 0.4) is 0 Å². The van der Waals surface area contributed by atoms with Gasteiger partial charge in [-0.1, -0.05) is 6.07 Å². The minimum absolute atomic E-state index is 0.0752. The molecular weight excluding hydrogens is 206 g/mol. The maximum absolute atomic E-state index is 12.1. The average Bonchev–Trinajstić information content (AvgIpc) is 2.18. The summed E-state index contributed by atoms with van der Waals surface area (Å²) in [6, 6.07) is 1.52. The first kappa shape index (κ1) is 11.5. The van der Waals surface area contributed by atoms with Crippen molar-refractivity contribution in [2.45, 2.75) is 18.9 Å². The zero-order valence-electron chi connectivity index (χ0n) is 7.73. The van der Waals surface area contributed by atoms with Gasteiger partial charge in [0.05, 0.1) is 0 Å². The van der Waals surface area contributed by atoms with E-state index < -0.39 is 18.4 Å². The third-order valence-corrected chi connectivity index (χ3v) is 1.84. The Morgan fingerprint density at radius 1 is 1.53 bits per heavy atom. The highest BCUT2D eigenvalue weighted by Gasteiger charge is 2.13. The number of nitrogens with two attached hydrogens (primary N) is 1. The Bertz CT molecular complexity index is 340. The number of alkyl halides is 2. The van der Waals surface area contributed by atoms with Crippen molar-refractivity contribution >= 4 is 5.97 Å². The van der Waals surface area contributed by atoms with Crippen LogP contribution in [-0.4, -0.2) is 22.1 Å². The Hall–Kier alpha value is -1.56. The van der Waals surface area contributed by atoms with E-state index in [4.69, 9.17) is 10.8 Å². The second-order valence-corrected chi connectivity index (χ2v) is 3.04. The van der Waals surface area contributed by atoms with Crippen molar-refractivity contribution in [3.63, 3.8) is 0 Å². The quantitative estimate of drug-likeness (QED) is 0.786. The molecule has 0 radical (unpaired) electrons. The summed E-state index contributed by atoms with van der Waals surface area (Å²) < 4.78 is 24.2. The molecule has 0 aliphatic rings. The normalized spacial score (nSPS) is 12.8. The first-order chi connectivity index (χ1) is 7.00. The molecule has 0 fully saturated rings. The fraction of sp³-hybridized carbons (Fsp3) is 0.333. The van der Waals surface area contributed by atoms with Gasteiger partial charge in [0.25, 0.3) is 6.43 Å². The van der Waals surface area contributed by atoms with Gasteiger partial charge in [-0.05, 0) is 18.1 Å². The molecule has 1 aromatic rings. The zero-order chi connectivity index (χ0) is 11.4. The van der Waals surface area contributed by atoms with Crippen LogP contribution in [0.4, 0.5) is 8.78 Å². The van der Waals surface area contributed by atoms with E-state index in [2.05, 4.69) is 4.98 Å². The molecule has 15 heavy (non-hydrogen) atoms. The van der Waals surface area contributed by atoms with E-state index in [-0.39, 0.29) is 12.1 Å². The van der Waals surface area contributed by atoms with Gasteiger partial charge >= 0.3 is 5.97 Å². The number of halogens is 2. The van der Waals surface area contributed by atoms with E-state index in [1.807, 2.05) is 0 Å². The third-order valence-electron chi connectivity index (χ3n) is 1.84. The van der Waals surface area contributed by atoms with Crippen molar-refractivity contribution in [1.82, 2.24) is 4.98 Å². The van der Waals surface area contributed by atoms with E-state index in [1.54, 1.807) is 0 Å². The Morgan fingerprint density at radius 3 is 2.60 bits per heavy atom. The number of aromatic nitrogens is 1. The Kier molecular flexibility index (Phi) is 3.68. The molecule has 0 aliphatic heterocycles. The fourth-order valence-corrected chi connectivity index (χ4v) is 1.03.